The molecule has 2 atom stereocenters. The molecule has 0 radical (unpaired) electrons. The summed E-state index contributed by atoms with van der Waals surface area (Å²) in [5.74, 6) is 2.13. The first-order chi connectivity index (χ1) is 9.10. The van der Waals surface area contributed by atoms with Gasteiger partial charge in [0, 0.05) is 16.8 Å². The molecule has 1 saturated carbocycles. The SMILES string of the molecule is COc1ccc(Br)c(CC(=O)C2CCCC(C)C2)c1. The molecule has 1 fully saturated rings. The van der Waals surface area contributed by atoms with Crippen LogP contribution in [0.25, 0.3) is 0 Å². The van der Waals surface area contributed by atoms with Gasteiger partial charge < -0.3 is 4.74 Å². The number of ether oxygens (including phenoxy) is 1. The second-order valence-electron chi connectivity index (χ2n) is 5.57. The molecule has 1 aliphatic carbocycles. The molecule has 0 heterocycles. The molecule has 0 saturated heterocycles. The van der Waals surface area contributed by atoms with Crippen LogP contribution in [0.5, 0.6) is 5.75 Å². The Kier molecular flexibility index (Phi) is 5.03. The van der Waals surface area contributed by atoms with Gasteiger partial charge in [0.1, 0.15) is 11.5 Å². The van der Waals surface area contributed by atoms with Crippen molar-refractivity contribution < 1.29 is 9.53 Å². The molecule has 0 bridgehead atoms. The van der Waals surface area contributed by atoms with E-state index in [-0.39, 0.29) is 5.92 Å². The second-order valence-corrected chi connectivity index (χ2v) is 6.42. The number of carbonyl (C=O) groups excluding carboxylic acids is 1. The molecule has 0 aliphatic heterocycles. The lowest BCUT2D eigenvalue weighted by atomic mass is 9.79. The summed E-state index contributed by atoms with van der Waals surface area (Å²) in [5.41, 5.74) is 1.03. The maximum Gasteiger partial charge on any atom is 0.140 e. The van der Waals surface area contributed by atoms with Crippen molar-refractivity contribution in [1.29, 1.82) is 0 Å². The van der Waals surface area contributed by atoms with Crippen LogP contribution in [-0.4, -0.2) is 12.9 Å². The number of hydrogen-bond donors (Lipinski definition) is 0. The van der Waals surface area contributed by atoms with Gasteiger partial charge in [-0.1, -0.05) is 35.7 Å². The number of hydrogen-bond acceptors (Lipinski definition) is 2. The summed E-state index contributed by atoms with van der Waals surface area (Å²) < 4.78 is 6.21. The van der Waals surface area contributed by atoms with E-state index >= 15 is 0 Å². The topological polar surface area (TPSA) is 26.3 Å². The fraction of sp³-hybridized carbons (Fsp3) is 0.562. The molecule has 0 amide bonds. The zero-order chi connectivity index (χ0) is 13.8. The Hall–Kier alpha value is -0.830. The zero-order valence-electron chi connectivity index (χ0n) is 11.6. The lowest BCUT2D eigenvalue weighted by Crippen LogP contribution is -2.23. The van der Waals surface area contributed by atoms with Crippen molar-refractivity contribution in [3.05, 3.63) is 28.2 Å². The highest BCUT2D eigenvalue weighted by Gasteiger charge is 2.25. The molecule has 3 heteroatoms. The number of ketones is 1. The molecule has 104 valence electrons. The lowest BCUT2D eigenvalue weighted by Gasteiger charge is -2.25. The highest BCUT2D eigenvalue weighted by molar-refractivity contribution is 9.10. The van der Waals surface area contributed by atoms with Gasteiger partial charge in [0.2, 0.25) is 0 Å². The van der Waals surface area contributed by atoms with Crippen molar-refractivity contribution >= 4 is 21.7 Å². The minimum atomic E-state index is 0.252. The highest BCUT2D eigenvalue weighted by Crippen LogP contribution is 2.31. The van der Waals surface area contributed by atoms with E-state index in [0.717, 1.165) is 28.6 Å². The fourth-order valence-electron chi connectivity index (χ4n) is 2.87. The normalized spacial score (nSPS) is 23.1. The zero-order valence-corrected chi connectivity index (χ0v) is 13.2. The number of carbonyl (C=O) groups is 1. The summed E-state index contributed by atoms with van der Waals surface area (Å²) in [6.07, 6.45) is 5.09. The monoisotopic (exact) mass is 324 g/mol. The van der Waals surface area contributed by atoms with E-state index in [1.54, 1.807) is 7.11 Å². The smallest absolute Gasteiger partial charge is 0.140 e. The van der Waals surface area contributed by atoms with Crippen LogP contribution in [0.2, 0.25) is 0 Å². The van der Waals surface area contributed by atoms with Crippen LogP contribution in [0.1, 0.15) is 38.2 Å². The van der Waals surface area contributed by atoms with Crippen LogP contribution in [0.4, 0.5) is 0 Å². The average molecular weight is 325 g/mol. The molecule has 2 rings (SSSR count). The van der Waals surface area contributed by atoms with Crippen LogP contribution < -0.4 is 4.74 Å². The second kappa shape index (κ2) is 6.56. The maximum atomic E-state index is 12.4. The molecular formula is C16H21BrO2. The first-order valence-electron chi connectivity index (χ1n) is 6.95. The highest BCUT2D eigenvalue weighted by atomic mass is 79.9. The van der Waals surface area contributed by atoms with Gasteiger partial charge in [-0.2, -0.15) is 0 Å². The Morgan fingerprint density at radius 1 is 1.42 bits per heavy atom. The van der Waals surface area contributed by atoms with Gasteiger partial charge in [0.15, 0.2) is 0 Å². The van der Waals surface area contributed by atoms with Crippen molar-refractivity contribution in [2.45, 2.75) is 39.0 Å². The third-order valence-electron chi connectivity index (χ3n) is 4.01. The molecule has 0 spiro atoms. The van der Waals surface area contributed by atoms with Crippen molar-refractivity contribution in [2.24, 2.45) is 11.8 Å². The number of rotatable bonds is 4. The van der Waals surface area contributed by atoms with E-state index in [4.69, 9.17) is 4.74 Å². The number of benzene rings is 1. The number of methoxy groups -OCH3 is 1. The van der Waals surface area contributed by atoms with Gasteiger partial charge in [-0.25, -0.2) is 0 Å². The number of Topliss-reactive ketones (excluding diaryl/α,β-unsaturated/α-hetero) is 1. The summed E-state index contributed by atoms with van der Waals surface area (Å²) in [7, 11) is 1.65. The Morgan fingerprint density at radius 3 is 2.89 bits per heavy atom. The van der Waals surface area contributed by atoms with Crippen LogP contribution in [0.15, 0.2) is 22.7 Å². The molecule has 0 aromatic heterocycles. The quantitative estimate of drug-likeness (QED) is 0.820. The largest absolute Gasteiger partial charge is 0.497 e. The van der Waals surface area contributed by atoms with Crippen LogP contribution in [-0.2, 0) is 11.2 Å². The standard InChI is InChI=1S/C16H21BrO2/c1-11-4-3-5-12(8-11)16(18)10-13-9-14(19-2)6-7-15(13)17/h6-7,9,11-12H,3-5,8,10H2,1-2H3. The van der Waals surface area contributed by atoms with E-state index in [2.05, 4.69) is 22.9 Å². The van der Waals surface area contributed by atoms with Crippen molar-refractivity contribution in [1.82, 2.24) is 0 Å². The van der Waals surface area contributed by atoms with Gasteiger partial charge in [0.05, 0.1) is 7.11 Å². The Balaban J connectivity index is 2.05. The van der Waals surface area contributed by atoms with E-state index in [1.807, 2.05) is 18.2 Å². The molecule has 1 aromatic carbocycles. The van der Waals surface area contributed by atoms with Crippen LogP contribution in [0.3, 0.4) is 0 Å². The molecule has 1 aliphatic rings. The van der Waals surface area contributed by atoms with Gasteiger partial charge in [0.25, 0.3) is 0 Å². The van der Waals surface area contributed by atoms with Crippen molar-refractivity contribution in [3.63, 3.8) is 0 Å². The lowest BCUT2D eigenvalue weighted by molar-refractivity contribution is -0.123. The third-order valence-corrected chi connectivity index (χ3v) is 4.78. The molecule has 0 N–H and O–H groups in total. The molecule has 19 heavy (non-hydrogen) atoms. The Bertz CT molecular complexity index is 456. The molecule has 2 unspecified atom stereocenters. The maximum absolute atomic E-state index is 12.4. The first-order valence-corrected chi connectivity index (χ1v) is 7.74. The minimum Gasteiger partial charge on any atom is -0.497 e. The van der Waals surface area contributed by atoms with E-state index in [0.29, 0.717) is 18.1 Å². The summed E-state index contributed by atoms with van der Waals surface area (Å²) in [6.45, 7) is 2.25. The Labute approximate surface area is 123 Å². The molecule has 2 nitrogen and oxygen atoms in total. The average Bonchev–Trinajstić information content (AvgIpc) is 2.41. The van der Waals surface area contributed by atoms with E-state index in [1.165, 1.54) is 12.8 Å². The predicted octanol–water partition coefficient (Wildman–Crippen LogP) is 4.40. The fourth-order valence-corrected chi connectivity index (χ4v) is 3.26. The van der Waals surface area contributed by atoms with Crippen LogP contribution >= 0.6 is 15.9 Å². The summed E-state index contributed by atoms with van der Waals surface area (Å²) in [5, 5.41) is 0. The van der Waals surface area contributed by atoms with E-state index in [9.17, 15) is 4.79 Å². The van der Waals surface area contributed by atoms with Gasteiger partial charge in [-0.05, 0) is 42.5 Å². The van der Waals surface area contributed by atoms with Gasteiger partial charge in [-0.3, -0.25) is 4.79 Å². The summed E-state index contributed by atoms with van der Waals surface area (Å²) in [4.78, 5) is 12.4. The van der Waals surface area contributed by atoms with Crippen molar-refractivity contribution in [3.8, 4) is 5.75 Å². The Morgan fingerprint density at radius 2 is 2.21 bits per heavy atom. The molecular weight excluding hydrogens is 304 g/mol. The van der Waals surface area contributed by atoms with Crippen molar-refractivity contribution in [2.75, 3.05) is 7.11 Å². The van der Waals surface area contributed by atoms with Gasteiger partial charge >= 0.3 is 0 Å². The molecule has 1 aromatic rings. The van der Waals surface area contributed by atoms with Crippen LogP contribution in [0, 0.1) is 11.8 Å². The predicted molar refractivity (Wildman–Crippen MR) is 80.5 cm³/mol. The minimum absolute atomic E-state index is 0.252. The third kappa shape index (κ3) is 3.82. The first kappa shape index (κ1) is 14.6. The summed E-state index contributed by atoms with van der Waals surface area (Å²) >= 11 is 3.52. The summed E-state index contributed by atoms with van der Waals surface area (Å²) in [6, 6.07) is 5.81. The van der Waals surface area contributed by atoms with E-state index < -0.39 is 0 Å². The van der Waals surface area contributed by atoms with Gasteiger partial charge in [-0.15, -0.1) is 0 Å². The number of halogens is 1.